The zero-order valence-corrected chi connectivity index (χ0v) is 24.1. The zero-order chi connectivity index (χ0) is 28.6. The van der Waals surface area contributed by atoms with Crippen molar-refractivity contribution >= 4 is 57.0 Å². The average Bonchev–Trinajstić information content (AvgIpc) is 3.65. The molecule has 0 bridgehead atoms. The number of para-hydroxylation sites is 2. The van der Waals surface area contributed by atoms with Gasteiger partial charge in [0.15, 0.2) is 5.16 Å². The number of imide groups is 1. The summed E-state index contributed by atoms with van der Waals surface area (Å²) in [5.41, 5.74) is 3.99. The first-order valence-corrected chi connectivity index (χ1v) is 14.9. The minimum absolute atomic E-state index is 0.257. The number of aryl methyl sites for hydroxylation is 1. The highest BCUT2D eigenvalue weighted by Crippen LogP contribution is 2.40. The number of carbonyl (C=O) groups is 2. The van der Waals surface area contributed by atoms with E-state index in [2.05, 4.69) is 20.7 Å². The Morgan fingerprint density at radius 2 is 1.60 bits per heavy atom. The third-order valence-electron chi connectivity index (χ3n) is 7.54. The van der Waals surface area contributed by atoms with Crippen molar-refractivity contribution in [3.05, 3.63) is 113 Å². The van der Waals surface area contributed by atoms with Crippen molar-refractivity contribution in [2.45, 2.75) is 36.0 Å². The number of nitrogens with zero attached hydrogens (tertiary/aromatic N) is 6. The molecule has 6 aromatic rings. The quantitative estimate of drug-likeness (QED) is 0.137. The standard InChI is InChI=1S/C32H25ClN6O2S/c33-25-11-2-1-8-21(25)18-39-27-13-4-3-12-26(27)36-32(39)42-28-15-14-24-29-22(28)9-7-10-23(29)30(40)38(31(24)41)17-6-5-16-37-20-34-19-35-37/h1-4,7-15,19-20H,5-6,16-18H2. The van der Waals surface area contributed by atoms with Gasteiger partial charge in [0.05, 0.1) is 17.6 Å². The molecule has 3 heterocycles. The van der Waals surface area contributed by atoms with E-state index in [9.17, 15) is 9.59 Å². The van der Waals surface area contributed by atoms with E-state index in [1.165, 1.54) is 23.0 Å². The van der Waals surface area contributed by atoms with E-state index in [1.807, 2.05) is 72.8 Å². The molecule has 0 fully saturated rings. The Hall–Kier alpha value is -4.47. The predicted octanol–water partition coefficient (Wildman–Crippen LogP) is 6.71. The fourth-order valence-electron chi connectivity index (χ4n) is 5.48. The van der Waals surface area contributed by atoms with Gasteiger partial charge in [-0.25, -0.2) is 9.97 Å². The summed E-state index contributed by atoms with van der Waals surface area (Å²) in [4.78, 5) is 38.3. The minimum Gasteiger partial charge on any atom is -0.314 e. The highest BCUT2D eigenvalue weighted by molar-refractivity contribution is 7.99. The Bertz CT molecular complexity index is 1950. The molecule has 2 aromatic heterocycles. The maximum atomic E-state index is 13.6. The van der Waals surface area contributed by atoms with Crippen LogP contribution < -0.4 is 0 Å². The number of amides is 2. The number of carbonyl (C=O) groups excluding carboxylic acids is 2. The molecule has 0 radical (unpaired) electrons. The molecule has 0 saturated carbocycles. The smallest absolute Gasteiger partial charge is 0.261 e. The molecule has 7 rings (SSSR count). The lowest BCUT2D eigenvalue weighted by Gasteiger charge is -2.27. The van der Waals surface area contributed by atoms with E-state index < -0.39 is 0 Å². The molecule has 0 spiro atoms. The number of imidazole rings is 1. The van der Waals surface area contributed by atoms with E-state index in [0.717, 1.165) is 38.5 Å². The lowest BCUT2D eigenvalue weighted by Crippen LogP contribution is -2.41. The molecule has 4 aromatic carbocycles. The monoisotopic (exact) mass is 592 g/mol. The summed E-state index contributed by atoms with van der Waals surface area (Å²) in [6.45, 7) is 1.60. The number of fused-ring (bicyclic) bond motifs is 1. The summed E-state index contributed by atoms with van der Waals surface area (Å²) in [5.74, 6) is -0.515. The second kappa shape index (κ2) is 11.1. The summed E-state index contributed by atoms with van der Waals surface area (Å²) in [6.07, 6.45) is 4.62. The summed E-state index contributed by atoms with van der Waals surface area (Å²) >= 11 is 8.05. The minimum atomic E-state index is -0.257. The molecule has 10 heteroatoms. The van der Waals surface area contributed by atoms with Crippen molar-refractivity contribution in [3.63, 3.8) is 0 Å². The first-order chi connectivity index (χ1) is 20.6. The Morgan fingerprint density at radius 3 is 2.43 bits per heavy atom. The topological polar surface area (TPSA) is 85.9 Å². The van der Waals surface area contributed by atoms with Gasteiger partial charge in [-0.2, -0.15) is 5.10 Å². The van der Waals surface area contributed by atoms with E-state index in [4.69, 9.17) is 16.6 Å². The third kappa shape index (κ3) is 4.74. The van der Waals surface area contributed by atoms with Gasteiger partial charge in [0.25, 0.3) is 11.8 Å². The number of hydrogen-bond acceptors (Lipinski definition) is 6. The van der Waals surface area contributed by atoms with Crippen LogP contribution in [0.1, 0.15) is 39.1 Å². The summed E-state index contributed by atoms with van der Waals surface area (Å²) in [5, 5.41) is 7.18. The second-order valence-electron chi connectivity index (χ2n) is 10.1. The van der Waals surface area contributed by atoms with Gasteiger partial charge >= 0.3 is 0 Å². The molecule has 8 nitrogen and oxygen atoms in total. The van der Waals surface area contributed by atoms with Crippen molar-refractivity contribution in [3.8, 4) is 0 Å². The number of rotatable bonds is 9. The molecule has 208 valence electrons. The normalized spacial score (nSPS) is 13.0. The Kier molecular flexibility index (Phi) is 6.97. The summed E-state index contributed by atoms with van der Waals surface area (Å²) < 4.78 is 3.91. The molecule has 0 saturated heterocycles. The van der Waals surface area contributed by atoms with Gasteiger partial charge in [-0.3, -0.25) is 19.2 Å². The number of hydrogen-bond donors (Lipinski definition) is 0. The van der Waals surface area contributed by atoms with Crippen LogP contribution in [0.2, 0.25) is 5.02 Å². The van der Waals surface area contributed by atoms with Crippen LogP contribution in [0.25, 0.3) is 21.8 Å². The maximum Gasteiger partial charge on any atom is 0.261 e. The van der Waals surface area contributed by atoms with Crippen molar-refractivity contribution in [1.29, 1.82) is 0 Å². The SMILES string of the molecule is O=C1c2cccc3c(Sc4nc5ccccc5n4Cc4ccccc4Cl)ccc(c23)C(=O)N1CCCCn1cncn1. The van der Waals surface area contributed by atoms with Gasteiger partial charge in [0.1, 0.15) is 12.7 Å². The number of unbranched alkanes of at least 4 members (excludes halogenated alkanes) is 1. The highest BCUT2D eigenvalue weighted by Gasteiger charge is 2.33. The van der Waals surface area contributed by atoms with Crippen molar-refractivity contribution in [2.24, 2.45) is 0 Å². The fourth-order valence-corrected chi connectivity index (χ4v) is 6.71. The molecule has 0 atom stereocenters. The largest absolute Gasteiger partial charge is 0.314 e. The molecule has 0 N–H and O–H groups in total. The first-order valence-electron chi connectivity index (χ1n) is 13.7. The van der Waals surface area contributed by atoms with Gasteiger partial charge in [0, 0.05) is 39.5 Å². The van der Waals surface area contributed by atoms with Crippen LogP contribution in [0, 0.1) is 0 Å². The van der Waals surface area contributed by atoms with E-state index in [0.29, 0.717) is 47.6 Å². The second-order valence-corrected chi connectivity index (χ2v) is 11.5. The molecule has 1 aliphatic rings. The first kappa shape index (κ1) is 26.4. The van der Waals surface area contributed by atoms with Crippen LogP contribution in [-0.4, -0.2) is 47.6 Å². The van der Waals surface area contributed by atoms with Gasteiger partial charge in [0.2, 0.25) is 0 Å². The average molecular weight is 593 g/mol. The van der Waals surface area contributed by atoms with Crippen molar-refractivity contribution in [2.75, 3.05) is 6.54 Å². The van der Waals surface area contributed by atoms with Crippen LogP contribution >= 0.6 is 23.4 Å². The molecule has 1 aliphatic heterocycles. The molecule has 2 amide bonds. The van der Waals surface area contributed by atoms with E-state index in [-0.39, 0.29) is 11.8 Å². The Balaban J connectivity index is 1.21. The molecular weight excluding hydrogens is 568 g/mol. The molecule has 0 unspecified atom stereocenters. The summed E-state index contributed by atoms with van der Waals surface area (Å²) in [7, 11) is 0. The number of benzene rings is 4. The Labute approximate surface area is 250 Å². The van der Waals surface area contributed by atoms with E-state index >= 15 is 0 Å². The lowest BCUT2D eigenvalue weighted by molar-refractivity contribution is 0.0607. The fraction of sp³-hybridized carbons (Fsp3) is 0.156. The van der Waals surface area contributed by atoms with Gasteiger partial charge in [-0.1, -0.05) is 65.8 Å². The van der Waals surface area contributed by atoms with Gasteiger partial charge in [-0.15, -0.1) is 0 Å². The van der Waals surface area contributed by atoms with Crippen molar-refractivity contribution in [1.82, 2.24) is 29.2 Å². The van der Waals surface area contributed by atoms with Crippen LogP contribution in [0.3, 0.4) is 0 Å². The number of aromatic nitrogens is 5. The number of halogens is 1. The predicted molar refractivity (Wildman–Crippen MR) is 163 cm³/mol. The highest BCUT2D eigenvalue weighted by atomic mass is 35.5. The molecule has 0 aliphatic carbocycles. The lowest BCUT2D eigenvalue weighted by atomic mass is 9.94. The van der Waals surface area contributed by atoms with E-state index in [1.54, 1.807) is 11.0 Å². The van der Waals surface area contributed by atoms with Gasteiger partial charge < -0.3 is 4.57 Å². The third-order valence-corrected chi connectivity index (χ3v) is 8.98. The molecule has 42 heavy (non-hydrogen) atoms. The van der Waals surface area contributed by atoms with Crippen LogP contribution in [-0.2, 0) is 13.1 Å². The van der Waals surface area contributed by atoms with Crippen LogP contribution in [0.4, 0.5) is 0 Å². The van der Waals surface area contributed by atoms with Crippen LogP contribution in [0.15, 0.2) is 102 Å². The van der Waals surface area contributed by atoms with Gasteiger partial charge in [-0.05, 0) is 60.2 Å². The van der Waals surface area contributed by atoms with Crippen molar-refractivity contribution < 1.29 is 9.59 Å². The maximum absolute atomic E-state index is 13.6. The summed E-state index contributed by atoms with van der Waals surface area (Å²) in [6, 6.07) is 25.3. The zero-order valence-electron chi connectivity index (χ0n) is 22.5. The van der Waals surface area contributed by atoms with Crippen LogP contribution in [0.5, 0.6) is 0 Å². The molecular formula is C32H25ClN6O2S. The Morgan fingerprint density at radius 1 is 0.810 bits per heavy atom.